The number of aromatic nitrogens is 2. The van der Waals surface area contributed by atoms with Crippen LogP contribution in [0.2, 0.25) is 0 Å². The van der Waals surface area contributed by atoms with E-state index in [9.17, 15) is 17.4 Å². The molecule has 2 unspecified atom stereocenters. The standard InChI is InChI=1S/C10H14F3N3OS/c1-7(18(2)17)5-6-14-9-4-3-8(15-16-9)10(11,12)13/h3-4,7H,5-6H2,1-2H3,(H,14,16). The molecular weight excluding hydrogens is 267 g/mol. The largest absolute Gasteiger partial charge is 0.435 e. The third-order valence-electron chi connectivity index (χ3n) is 2.38. The molecule has 2 atom stereocenters. The van der Waals surface area contributed by atoms with Crippen LogP contribution in [-0.4, -0.2) is 32.5 Å². The predicted molar refractivity (Wildman–Crippen MR) is 63.7 cm³/mol. The molecule has 1 N–H and O–H groups in total. The normalized spacial score (nSPS) is 15.2. The molecule has 8 heteroatoms. The van der Waals surface area contributed by atoms with E-state index in [0.29, 0.717) is 13.0 Å². The van der Waals surface area contributed by atoms with Crippen LogP contribution in [0.5, 0.6) is 0 Å². The summed E-state index contributed by atoms with van der Waals surface area (Å²) < 4.78 is 47.7. The van der Waals surface area contributed by atoms with E-state index in [1.807, 2.05) is 6.92 Å². The second-order valence-electron chi connectivity index (χ2n) is 3.83. The van der Waals surface area contributed by atoms with Gasteiger partial charge in [-0.3, -0.25) is 4.21 Å². The van der Waals surface area contributed by atoms with Gasteiger partial charge in [0.05, 0.1) is 0 Å². The zero-order valence-electron chi connectivity index (χ0n) is 9.99. The van der Waals surface area contributed by atoms with Gasteiger partial charge in [-0.25, -0.2) is 0 Å². The smallest absolute Gasteiger partial charge is 0.369 e. The van der Waals surface area contributed by atoms with Gasteiger partial charge in [0.1, 0.15) is 5.82 Å². The number of alkyl halides is 3. The van der Waals surface area contributed by atoms with E-state index in [2.05, 4.69) is 15.5 Å². The summed E-state index contributed by atoms with van der Waals surface area (Å²) >= 11 is 0. The van der Waals surface area contributed by atoms with Crippen LogP contribution in [0.1, 0.15) is 19.0 Å². The summed E-state index contributed by atoms with van der Waals surface area (Å²) in [5.74, 6) is 0.275. The Morgan fingerprint density at radius 1 is 1.39 bits per heavy atom. The minimum absolute atomic E-state index is 0.0277. The molecule has 0 spiro atoms. The number of nitrogens with one attached hydrogen (secondary N) is 1. The summed E-state index contributed by atoms with van der Waals surface area (Å²) in [5, 5.41) is 9.38. The summed E-state index contributed by atoms with van der Waals surface area (Å²) in [4.78, 5) is 0. The van der Waals surface area contributed by atoms with Gasteiger partial charge in [-0.1, -0.05) is 6.92 Å². The quantitative estimate of drug-likeness (QED) is 0.897. The number of hydrogen-bond acceptors (Lipinski definition) is 4. The lowest BCUT2D eigenvalue weighted by atomic mass is 10.3. The molecule has 1 rings (SSSR count). The van der Waals surface area contributed by atoms with Gasteiger partial charge in [0.25, 0.3) is 0 Å². The lowest BCUT2D eigenvalue weighted by Gasteiger charge is -2.10. The van der Waals surface area contributed by atoms with Crippen molar-refractivity contribution in [1.29, 1.82) is 0 Å². The van der Waals surface area contributed by atoms with Gasteiger partial charge < -0.3 is 5.32 Å². The van der Waals surface area contributed by atoms with Crippen LogP contribution in [0.4, 0.5) is 19.0 Å². The van der Waals surface area contributed by atoms with Crippen molar-refractivity contribution in [2.45, 2.75) is 24.8 Å². The highest BCUT2D eigenvalue weighted by molar-refractivity contribution is 7.84. The second kappa shape index (κ2) is 6.12. The molecule has 18 heavy (non-hydrogen) atoms. The first-order valence-corrected chi connectivity index (χ1v) is 6.90. The summed E-state index contributed by atoms with van der Waals surface area (Å²) in [5.41, 5.74) is -1.02. The van der Waals surface area contributed by atoms with Crippen LogP contribution in [-0.2, 0) is 17.0 Å². The van der Waals surface area contributed by atoms with E-state index in [0.717, 1.165) is 6.07 Å². The maximum absolute atomic E-state index is 12.2. The molecule has 0 radical (unpaired) electrons. The monoisotopic (exact) mass is 281 g/mol. The molecule has 0 saturated heterocycles. The third kappa shape index (κ3) is 4.59. The molecule has 0 saturated carbocycles. The SMILES string of the molecule is CC(CCNc1ccc(C(F)(F)F)nn1)S(C)=O. The number of hydrogen-bond donors (Lipinski definition) is 1. The fourth-order valence-electron chi connectivity index (χ4n) is 1.15. The van der Waals surface area contributed by atoms with E-state index in [4.69, 9.17) is 0 Å². The van der Waals surface area contributed by atoms with Gasteiger partial charge >= 0.3 is 6.18 Å². The van der Waals surface area contributed by atoms with Gasteiger partial charge in [-0.05, 0) is 18.6 Å². The molecule has 4 nitrogen and oxygen atoms in total. The maximum Gasteiger partial charge on any atom is 0.435 e. The van der Waals surface area contributed by atoms with E-state index in [-0.39, 0.29) is 11.1 Å². The number of nitrogens with zero attached hydrogens (tertiary/aromatic N) is 2. The molecule has 102 valence electrons. The minimum atomic E-state index is -4.47. The van der Waals surface area contributed by atoms with Crippen LogP contribution in [0.3, 0.4) is 0 Å². The van der Waals surface area contributed by atoms with Crippen LogP contribution < -0.4 is 5.32 Å². The van der Waals surface area contributed by atoms with Gasteiger partial charge in [0, 0.05) is 28.9 Å². The Bertz CT molecular complexity index is 408. The molecule has 0 aliphatic heterocycles. The van der Waals surface area contributed by atoms with Crippen LogP contribution in [0.25, 0.3) is 0 Å². The number of anilines is 1. The molecular formula is C10H14F3N3OS. The van der Waals surface area contributed by atoms with Crippen molar-refractivity contribution in [2.24, 2.45) is 0 Å². The van der Waals surface area contributed by atoms with Gasteiger partial charge in [0.15, 0.2) is 5.69 Å². The second-order valence-corrected chi connectivity index (χ2v) is 5.63. The van der Waals surface area contributed by atoms with Crippen LogP contribution >= 0.6 is 0 Å². The Morgan fingerprint density at radius 3 is 2.50 bits per heavy atom. The molecule has 1 heterocycles. The topological polar surface area (TPSA) is 54.9 Å². The molecule has 0 bridgehead atoms. The Balaban J connectivity index is 2.47. The van der Waals surface area contributed by atoms with Crippen molar-refractivity contribution in [1.82, 2.24) is 10.2 Å². The fourth-order valence-corrected chi connectivity index (χ4v) is 1.60. The summed E-state index contributed by atoms with van der Waals surface area (Å²) in [6.45, 7) is 2.33. The molecule has 0 amide bonds. The van der Waals surface area contributed by atoms with E-state index in [1.165, 1.54) is 6.07 Å². The molecule has 0 fully saturated rings. The van der Waals surface area contributed by atoms with Gasteiger partial charge in [-0.2, -0.15) is 13.2 Å². The third-order valence-corrected chi connectivity index (χ3v) is 3.75. The fraction of sp³-hybridized carbons (Fsp3) is 0.600. The summed E-state index contributed by atoms with van der Waals surface area (Å²) in [6.07, 6.45) is -2.21. The predicted octanol–water partition coefficient (Wildman–Crippen LogP) is 2.06. The Kier molecular flexibility index (Phi) is 5.06. The van der Waals surface area contributed by atoms with Crippen molar-refractivity contribution >= 4 is 16.6 Å². The zero-order chi connectivity index (χ0) is 13.8. The van der Waals surface area contributed by atoms with Crippen LogP contribution in [0, 0.1) is 0 Å². The van der Waals surface area contributed by atoms with Gasteiger partial charge in [0.2, 0.25) is 0 Å². The van der Waals surface area contributed by atoms with Crippen molar-refractivity contribution in [2.75, 3.05) is 18.1 Å². The lowest BCUT2D eigenvalue weighted by molar-refractivity contribution is -0.141. The molecule has 0 aliphatic rings. The van der Waals surface area contributed by atoms with Crippen LogP contribution in [0.15, 0.2) is 12.1 Å². The average molecular weight is 281 g/mol. The maximum atomic E-state index is 12.2. The Hall–Kier alpha value is -1.18. The zero-order valence-corrected chi connectivity index (χ0v) is 10.8. The molecule has 0 aliphatic carbocycles. The highest BCUT2D eigenvalue weighted by Gasteiger charge is 2.32. The van der Waals surface area contributed by atoms with E-state index >= 15 is 0 Å². The highest BCUT2D eigenvalue weighted by Crippen LogP contribution is 2.26. The molecule has 0 aromatic carbocycles. The molecule has 1 aromatic heterocycles. The summed E-state index contributed by atoms with van der Waals surface area (Å²) in [7, 11) is -0.908. The number of halogens is 3. The Labute approximate surface area is 105 Å². The first kappa shape index (κ1) is 14.9. The van der Waals surface area contributed by atoms with E-state index < -0.39 is 22.7 Å². The minimum Gasteiger partial charge on any atom is -0.369 e. The first-order chi connectivity index (χ1) is 8.30. The first-order valence-electron chi connectivity index (χ1n) is 5.27. The Morgan fingerprint density at radius 2 is 2.06 bits per heavy atom. The summed E-state index contributed by atoms with van der Waals surface area (Å²) in [6, 6.07) is 2.10. The number of rotatable bonds is 5. The van der Waals surface area contributed by atoms with Crippen molar-refractivity contribution in [3.63, 3.8) is 0 Å². The van der Waals surface area contributed by atoms with Gasteiger partial charge in [-0.15, -0.1) is 10.2 Å². The van der Waals surface area contributed by atoms with Crippen molar-refractivity contribution in [3.8, 4) is 0 Å². The average Bonchev–Trinajstić information content (AvgIpc) is 2.28. The lowest BCUT2D eigenvalue weighted by Crippen LogP contribution is -2.16. The van der Waals surface area contributed by atoms with E-state index in [1.54, 1.807) is 6.26 Å². The molecule has 1 aromatic rings. The van der Waals surface area contributed by atoms with Crippen molar-refractivity contribution < 1.29 is 17.4 Å². The highest BCUT2D eigenvalue weighted by atomic mass is 32.2. The van der Waals surface area contributed by atoms with Crippen molar-refractivity contribution in [3.05, 3.63) is 17.8 Å².